The van der Waals surface area contributed by atoms with Crippen LogP contribution in [-0.4, -0.2) is 69.2 Å². The molecule has 4 aromatic heterocycles. The molecule has 11 heteroatoms. The minimum absolute atomic E-state index is 0.319. The van der Waals surface area contributed by atoms with Gasteiger partial charge in [-0.15, -0.1) is 10.2 Å². The Morgan fingerprint density at radius 2 is 1.89 bits per heavy atom. The Kier molecular flexibility index (Phi) is 5.72. The molecule has 0 aliphatic carbocycles. The number of fused-ring (bicyclic) bond motifs is 3. The molecule has 3 aliphatic rings. The van der Waals surface area contributed by atoms with Crippen molar-refractivity contribution in [2.45, 2.75) is 43.8 Å². The fourth-order valence-corrected chi connectivity index (χ4v) is 6.73. The molecule has 2 bridgehead atoms. The maximum absolute atomic E-state index is 9.22. The lowest BCUT2D eigenvalue weighted by Crippen LogP contribution is -2.51. The van der Waals surface area contributed by atoms with Crippen LogP contribution in [0.25, 0.3) is 27.5 Å². The van der Waals surface area contributed by atoms with Gasteiger partial charge in [0.05, 0.1) is 34.2 Å². The SMILES string of the molecule is N#Cc1cnn2c(-c3cc(NC4CCOCC4)c(-c4nnc(N5C6CCC5CNC6)s4)cn3)ccc2c1. The topological polar surface area (TPSA) is 116 Å². The van der Waals surface area contributed by atoms with Gasteiger partial charge in [0.2, 0.25) is 5.13 Å². The molecule has 10 nitrogen and oxygen atoms in total. The zero-order valence-corrected chi connectivity index (χ0v) is 21.1. The van der Waals surface area contributed by atoms with Crippen molar-refractivity contribution in [2.24, 2.45) is 0 Å². The highest BCUT2D eigenvalue weighted by Crippen LogP contribution is 2.39. The van der Waals surface area contributed by atoms with E-state index in [1.54, 1.807) is 17.5 Å². The van der Waals surface area contributed by atoms with Crippen LogP contribution in [-0.2, 0) is 4.74 Å². The largest absolute Gasteiger partial charge is 0.381 e. The molecule has 188 valence electrons. The van der Waals surface area contributed by atoms with Crippen LogP contribution in [0.15, 0.2) is 36.7 Å². The second-order valence-electron chi connectivity index (χ2n) is 9.90. The summed E-state index contributed by atoms with van der Waals surface area (Å²) in [7, 11) is 0. The normalized spacial score (nSPS) is 21.9. The van der Waals surface area contributed by atoms with E-state index in [-0.39, 0.29) is 0 Å². The maximum Gasteiger partial charge on any atom is 0.209 e. The molecule has 7 heterocycles. The van der Waals surface area contributed by atoms with E-state index >= 15 is 0 Å². The Bertz CT molecular complexity index is 1470. The van der Waals surface area contributed by atoms with Crippen molar-refractivity contribution in [2.75, 3.05) is 36.5 Å². The number of rotatable bonds is 5. The number of aromatic nitrogens is 5. The molecular weight excluding hydrogens is 486 g/mol. The molecule has 3 aliphatic heterocycles. The number of pyridine rings is 1. The van der Waals surface area contributed by atoms with Gasteiger partial charge in [0.25, 0.3) is 0 Å². The molecule has 0 spiro atoms. The van der Waals surface area contributed by atoms with Crippen molar-refractivity contribution >= 4 is 27.7 Å². The van der Waals surface area contributed by atoms with E-state index in [2.05, 4.69) is 43.0 Å². The Labute approximate surface area is 218 Å². The van der Waals surface area contributed by atoms with Crippen LogP contribution in [0, 0.1) is 11.3 Å². The second-order valence-corrected chi connectivity index (χ2v) is 10.9. The Balaban J connectivity index is 1.26. The van der Waals surface area contributed by atoms with Crippen LogP contribution in [0.2, 0.25) is 0 Å². The van der Waals surface area contributed by atoms with Gasteiger partial charge in [0, 0.05) is 56.3 Å². The number of anilines is 2. The van der Waals surface area contributed by atoms with Gasteiger partial charge in [0.15, 0.2) is 5.01 Å². The third-order valence-corrected chi connectivity index (χ3v) is 8.59. The third kappa shape index (κ3) is 4.11. The Hall–Kier alpha value is -3.59. The van der Waals surface area contributed by atoms with Crippen LogP contribution < -0.4 is 15.5 Å². The van der Waals surface area contributed by atoms with Crippen molar-refractivity contribution < 1.29 is 4.74 Å². The van der Waals surface area contributed by atoms with Crippen LogP contribution in [0.5, 0.6) is 0 Å². The van der Waals surface area contributed by atoms with Crippen LogP contribution in [0.1, 0.15) is 31.2 Å². The highest BCUT2D eigenvalue weighted by molar-refractivity contribution is 7.18. The van der Waals surface area contributed by atoms with Crippen LogP contribution in [0.4, 0.5) is 10.8 Å². The monoisotopic (exact) mass is 513 g/mol. The van der Waals surface area contributed by atoms with Crippen molar-refractivity contribution in [1.82, 2.24) is 30.1 Å². The summed E-state index contributed by atoms with van der Waals surface area (Å²) in [4.78, 5) is 7.30. The summed E-state index contributed by atoms with van der Waals surface area (Å²) >= 11 is 1.65. The van der Waals surface area contributed by atoms with E-state index in [1.165, 1.54) is 12.8 Å². The molecule has 0 amide bonds. The lowest BCUT2D eigenvalue weighted by molar-refractivity contribution is 0.0904. The van der Waals surface area contributed by atoms with E-state index in [1.807, 2.05) is 28.9 Å². The van der Waals surface area contributed by atoms with Gasteiger partial charge in [-0.3, -0.25) is 4.98 Å². The molecule has 0 radical (unpaired) electrons. The van der Waals surface area contributed by atoms with Gasteiger partial charge in [-0.25, -0.2) is 4.52 Å². The molecule has 0 aromatic carbocycles. The molecule has 3 saturated heterocycles. The lowest BCUT2D eigenvalue weighted by atomic mass is 10.1. The molecule has 7 rings (SSSR count). The van der Waals surface area contributed by atoms with Crippen molar-refractivity contribution in [3.63, 3.8) is 0 Å². The van der Waals surface area contributed by atoms with Gasteiger partial charge in [0.1, 0.15) is 6.07 Å². The summed E-state index contributed by atoms with van der Waals surface area (Å²) in [6.45, 7) is 3.53. The van der Waals surface area contributed by atoms with E-state index in [0.29, 0.717) is 23.7 Å². The summed E-state index contributed by atoms with van der Waals surface area (Å²) in [5, 5.41) is 32.1. The van der Waals surface area contributed by atoms with E-state index < -0.39 is 0 Å². The van der Waals surface area contributed by atoms with Crippen LogP contribution in [0.3, 0.4) is 0 Å². The molecule has 0 saturated carbocycles. The summed E-state index contributed by atoms with van der Waals surface area (Å²) in [6, 6.07) is 11.3. The van der Waals surface area contributed by atoms with Gasteiger partial charge in [-0.1, -0.05) is 11.3 Å². The maximum atomic E-state index is 9.22. The summed E-state index contributed by atoms with van der Waals surface area (Å²) < 4.78 is 7.40. The summed E-state index contributed by atoms with van der Waals surface area (Å²) in [6.07, 6.45) is 7.79. The van der Waals surface area contributed by atoms with Crippen molar-refractivity contribution in [1.29, 1.82) is 5.26 Å². The Morgan fingerprint density at radius 3 is 2.70 bits per heavy atom. The zero-order valence-electron chi connectivity index (χ0n) is 20.3. The van der Waals surface area contributed by atoms with Crippen molar-refractivity contribution in [3.05, 3.63) is 42.2 Å². The van der Waals surface area contributed by atoms with Crippen LogP contribution >= 0.6 is 11.3 Å². The first-order valence-electron chi connectivity index (χ1n) is 12.8. The van der Waals surface area contributed by atoms with Gasteiger partial charge >= 0.3 is 0 Å². The minimum atomic E-state index is 0.319. The first kappa shape index (κ1) is 22.6. The Morgan fingerprint density at radius 1 is 1.05 bits per heavy atom. The number of nitriles is 1. The lowest BCUT2D eigenvalue weighted by Gasteiger charge is -2.34. The fourth-order valence-electron chi connectivity index (χ4n) is 5.72. The second kappa shape index (κ2) is 9.37. The molecule has 4 aromatic rings. The molecule has 2 atom stereocenters. The van der Waals surface area contributed by atoms with Gasteiger partial charge < -0.3 is 20.3 Å². The van der Waals surface area contributed by atoms with E-state index in [0.717, 1.165) is 77.4 Å². The van der Waals surface area contributed by atoms with Gasteiger partial charge in [-0.2, -0.15) is 10.4 Å². The standard InChI is InChI=1S/C26H27N9OS/c27-11-16-9-18-3-4-24(35(18)30-12-16)23-10-22(31-17-5-7-36-8-6-17)21(15-29-23)25-32-33-26(37-25)34-19-1-2-20(34)14-28-13-19/h3-4,9-10,12,15,17,19-20,28H,1-2,5-8,13-14H2,(H,29,31). The molecule has 37 heavy (non-hydrogen) atoms. The van der Waals surface area contributed by atoms with Crippen molar-refractivity contribution in [3.8, 4) is 28.0 Å². The smallest absolute Gasteiger partial charge is 0.209 e. The number of hydrogen-bond donors (Lipinski definition) is 2. The average Bonchev–Trinajstić information content (AvgIpc) is 3.64. The predicted octanol–water partition coefficient (Wildman–Crippen LogP) is 3.32. The molecular formula is C26H27N9OS. The van der Waals surface area contributed by atoms with E-state index in [9.17, 15) is 5.26 Å². The number of ether oxygens (including phenoxy) is 1. The molecule has 3 fully saturated rings. The number of piperazine rings is 1. The van der Waals surface area contributed by atoms with Gasteiger partial charge in [-0.05, 0) is 49.9 Å². The summed E-state index contributed by atoms with van der Waals surface area (Å²) in [5.41, 5.74) is 5.02. The van der Waals surface area contributed by atoms with E-state index in [4.69, 9.17) is 9.72 Å². The number of hydrogen-bond acceptors (Lipinski definition) is 10. The predicted molar refractivity (Wildman–Crippen MR) is 142 cm³/mol. The highest BCUT2D eigenvalue weighted by Gasteiger charge is 2.38. The minimum Gasteiger partial charge on any atom is -0.381 e. The third-order valence-electron chi connectivity index (χ3n) is 7.62. The average molecular weight is 514 g/mol. The number of nitrogens with zero attached hydrogens (tertiary/aromatic N) is 7. The highest BCUT2D eigenvalue weighted by atomic mass is 32.1. The fraction of sp³-hybridized carbons (Fsp3) is 0.423. The zero-order chi connectivity index (χ0) is 24.8. The summed E-state index contributed by atoms with van der Waals surface area (Å²) in [5.74, 6) is 0. The first-order chi connectivity index (χ1) is 18.3. The molecule has 2 unspecified atom stereocenters. The quantitative estimate of drug-likeness (QED) is 0.414. The number of nitrogens with one attached hydrogen (secondary N) is 2. The molecule has 2 N–H and O–H groups in total. The first-order valence-corrected chi connectivity index (χ1v) is 13.6.